The maximum Gasteiger partial charge on any atom is 0.222 e. The van der Waals surface area contributed by atoms with E-state index in [0.717, 1.165) is 11.1 Å². The largest absolute Gasteiger partial charge is 0.481 e. The zero-order chi connectivity index (χ0) is 9.84. The van der Waals surface area contributed by atoms with Crippen LogP contribution in [-0.2, 0) is 0 Å². The second-order valence-corrected chi connectivity index (χ2v) is 3.38. The minimum Gasteiger partial charge on any atom is -0.481 e. The molecule has 1 aromatic rings. The molecule has 13 heavy (non-hydrogen) atoms. The van der Waals surface area contributed by atoms with Crippen LogP contribution in [0.4, 0.5) is 0 Å². The van der Waals surface area contributed by atoms with Crippen LogP contribution in [0.3, 0.4) is 0 Å². The number of hydrogen-bond donors (Lipinski definition) is 0. The molecule has 1 rings (SSSR count). The van der Waals surface area contributed by atoms with Gasteiger partial charge in [0.2, 0.25) is 5.88 Å². The van der Waals surface area contributed by atoms with Crippen LogP contribution < -0.4 is 4.74 Å². The van der Waals surface area contributed by atoms with E-state index >= 15 is 0 Å². The summed E-state index contributed by atoms with van der Waals surface area (Å²) in [4.78, 5) is 4.04. The molecule has 0 fully saturated rings. The molecule has 0 aliphatic carbocycles. The van der Waals surface area contributed by atoms with Crippen LogP contribution in [-0.4, -0.2) is 17.4 Å². The smallest absolute Gasteiger partial charge is 0.222 e. The number of rotatable bonds is 3. The molecular weight excluding hydrogens is 253 g/mol. The van der Waals surface area contributed by atoms with Crippen molar-refractivity contribution in [3.63, 3.8) is 0 Å². The highest BCUT2D eigenvalue weighted by molar-refractivity contribution is 9.09. The third-order valence-electron chi connectivity index (χ3n) is 1.57. The Balaban J connectivity index is 3.22. The summed E-state index contributed by atoms with van der Waals surface area (Å²) in [7, 11) is 1.56. The van der Waals surface area contributed by atoms with E-state index in [-0.39, 0.29) is 0 Å². The lowest BCUT2D eigenvalue weighted by atomic mass is 10.1. The van der Waals surface area contributed by atoms with Crippen molar-refractivity contribution in [2.75, 3.05) is 12.4 Å². The first-order valence-corrected chi connectivity index (χ1v) is 5.13. The van der Waals surface area contributed by atoms with Gasteiger partial charge in [-0.1, -0.05) is 34.1 Å². The van der Waals surface area contributed by atoms with Gasteiger partial charge in [0, 0.05) is 11.5 Å². The number of aromatic nitrogens is 1. The Kier molecular flexibility index (Phi) is 3.75. The van der Waals surface area contributed by atoms with Gasteiger partial charge in [-0.15, -0.1) is 0 Å². The van der Waals surface area contributed by atoms with Crippen molar-refractivity contribution in [2.24, 2.45) is 0 Å². The Hall–Kier alpha value is -0.540. The second kappa shape index (κ2) is 4.63. The third-order valence-corrected chi connectivity index (χ3v) is 2.57. The molecule has 2 nitrogen and oxygen atoms in total. The summed E-state index contributed by atoms with van der Waals surface area (Å²) < 4.78 is 5.07. The van der Waals surface area contributed by atoms with E-state index in [1.54, 1.807) is 19.4 Å². The van der Waals surface area contributed by atoms with Crippen LogP contribution in [0.15, 0.2) is 18.8 Å². The van der Waals surface area contributed by atoms with E-state index < -0.39 is 0 Å². The molecule has 0 saturated carbocycles. The van der Waals surface area contributed by atoms with Crippen LogP contribution in [0.5, 0.6) is 5.88 Å². The summed E-state index contributed by atoms with van der Waals surface area (Å²) in [5.41, 5.74) is 1.62. The van der Waals surface area contributed by atoms with Crippen LogP contribution in [0.25, 0.3) is 5.57 Å². The highest BCUT2D eigenvalue weighted by atomic mass is 79.9. The van der Waals surface area contributed by atoms with Crippen molar-refractivity contribution < 1.29 is 4.74 Å². The molecule has 1 aromatic heterocycles. The van der Waals surface area contributed by atoms with Gasteiger partial charge in [0.15, 0.2) is 0 Å². The first-order valence-electron chi connectivity index (χ1n) is 3.63. The van der Waals surface area contributed by atoms with Gasteiger partial charge in [-0.05, 0) is 11.6 Å². The SMILES string of the molecule is C=C(CBr)c1c(Cl)ccnc1OC. The van der Waals surface area contributed by atoms with Gasteiger partial charge in [0.1, 0.15) is 0 Å². The van der Waals surface area contributed by atoms with Crippen LogP contribution in [0.1, 0.15) is 5.56 Å². The van der Waals surface area contributed by atoms with Crippen molar-refractivity contribution >= 4 is 33.1 Å². The molecule has 0 atom stereocenters. The van der Waals surface area contributed by atoms with Crippen LogP contribution in [0, 0.1) is 0 Å². The number of methoxy groups -OCH3 is 1. The molecular formula is C9H9BrClNO. The number of pyridine rings is 1. The molecule has 0 aliphatic heterocycles. The number of halogens is 2. The van der Waals surface area contributed by atoms with Crippen molar-refractivity contribution in [3.05, 3.63) is 29.4 Å². The molecule has 0 radical (unpaired) electrons. The summed E-state index contributed by atoms with van der Waals surface area (Å²) in [5, 5.41) is 1.26. The van der Waals surface area contributed by atoms with Crippen molar-refractivity contribution in [2.45, 2.75) is 0 Å². The predicted molar refractivity (Wildman–Crippen MR) is 58.6 cm³/mol. The maximum absolute atomic E-state index is 5.98. The van der Waals surface area contributed by atoms with Gasteiger partial charge in [0.25, 0.3) is 0 Å². The summed E-state index contributed by atoms with van der Waals surface area (Å²) >= 11 is 9.29. The molecule has 1 heterocycles. The van der Waals surface area contributed by atoms with E-state index in [4.69, 9.17) is 16.3 Å². The van der Waals surface area contributed by atoms with E-state index in [0.29, 0.717) is 16.2 Å². The third kappa shape index (κ3) is 2.23. The van der Waals surface area contributed by atoms with Gasteiger partial charge in [-0.3, -0.25) is 0 Å². The standard InChI is InChI=1S/C9H9BrClNO/c1-6(5-10)8-7(11)3-4-12-9(8)13-2/h3-4H,1,5H2,2H3. The van der Waals surface area contributed by atoms with E-state index in [1.807, 2.05) is 0 Å². The Morgan fingerprint density at radius 1 is 1.77 bits per heavy atom. The van der Waals surface area contributed by atoms with Gasteiger partial charge in [0.05, 0.1) is 17.7 Å². The molecule has 0 amide bonds. The number of nitrogens with zero attached hydrogens (tertiary/aromatic N) is 1. The molecule has 0 bridgehead atoms. The Labute approximate surface area is 90.7 Å². The zero-order valence-electron chi connectivity index (χ0n) is 7.18. The first-order chi connectivity index (χ1) is 6.20. The lowest BCUT2D eigenvalue weighted by Crippen LogP contribution is -1.95. The fraction of sp³-hybridized carbons (Fsp3) is 0.222. The summed E-state index contributed by atoms with van der Waals surface area (Å²) in [6, 6.07) is 1.72. The maximum atomic E-state index is 5.98. The summed E-state index contributed by atoms with van der Waals surface area (Å²) in [5.74, 6) is 0.511. The predicted octanol–water partition coefficient (Wildman–Crippen LogP) is 3.15. The molecule has 0 spiro atoms. The molecule has 0 aromatic carbocycles. The van der Waals surface area contributed by atoms with Crippen molar-refractivity contribution in [3.8, 4) is 5.88 Å². The number of alkyl halides is 1. The van der Waals surface area contributed by atoms with Gasteiger partial charge in [-0.2, -0.15) is 0 Å². The summed E-state index contributed by atoms with van der Waals surface area (Å²) in [6.45, 7) is 3.86. The number of ether oxygens (including phenoxy) is 1. The highest BCUT2D eigenvalue weighted by Crippen LogP contribution is 2.30. The van der Waals surface area contributed by atoms with E-state index in [2.05, 4.69) is 27.5 Å². The molecule has 0 unspecified atom stereocenters. The van der Waals surface area contributed by atoms with Gasteiger partial charge in [-0.25, -0.2) is 4.98 Å². The zero-order valence-corrected chi connectivity index (χ0v) is 9.52. The Morgan fingerprint density at radius 2 is 2.46 bits per heavy atom. The van der Waals surface area contributed by atoms with Gasteiger partial charge < -0.3 is 4.74 Å². The number of hydrogen-bond acceptors (Lipinski definition) is 2. The first kappa shape index (κ1) is 10.5. The van der Waals surface area contributed by atoms with Crippen molar-refractivity contribution in [1.29, 1.82) is 0 Å². The highest BCUT2D eigenvalue weighted by Gasteiger charge is 2.10. The topological polar surface area (TPSA) is 22.1 Å². The van der Waals surface area contributed by atoms with E-state index in [9.17, 15) is 0 Å². The minimum atomic E-state index is 0.511. The molecule has 0 aliphatic rings. The monoisotopic (exact) mass is 261 g/mol. The number of allylic oxidation sites excluding steroid dienone is 1. The fourth-order valence-corrected chi connectivity index (χ4v) is 1.51. The quantitative estimate of drug-likeness (QED) is 0.781. The average Bonchev–Trinajstić information content (AvgIpc) is 2.16. The molecule has 4 heteroatoms. The average molecular weight is 263 g/mol. The molecule has 70 valence electrons. The van der Waals surface area contributed by atoms with Crippen LogP contribution in [0.2, 0.25) is 5.02 Å². The Morgan fingerprint density at radius 3 is 3.00 bits per heavy atom. The normalized spacial score (nSPS) is 9.77. The molecule has 0 saturated heterocycles. The molecule has 0 N–H and O–H groups in total. The van der Waals surface area contributed by atoms with Gasteiger partial charge >= 0.3 is 0 Å². The lowest BCUT2D eigenvalue weighted by molar-refractivity contribution is 0.396. The fourth-order valence-electron chi connectivity index (χ4n) is 0.962. The lowest BCUT2D eigenvalue weighted by Gasteiger charge is -2.09. The van der Waals surface area contributed by atoms with Crippen molar-refractivity contribution in [1.82, 2.24) is 4.98 Å². The van der Waals surface area contributed by atoms with Crippen LogP contribution >= 0.6 is 27.5 Å². The van der Waals surface area contributed by atoms with E-state index in [1.165, 1.54) is 0 Å². The second-order valence-electron chi connectivity index (χ2n) is 2.41. The minimum absolute atomic E-state index is 0.511. The Bertz CT molecular complexity index is 327. The summed E-state index contributed by atoms with van der Waals surface area (Å²) in [6.07, 6.45) is 1.60.